The molecule has 0 heterocycles. The summed E-state index contributed by atoms with van der Waals surface area (Å²) in [4.78, 5) is 16.7. The van der Waals surface area contributed by atoms with Crippen LogP contribution in [0.3, 0.4) is 0 Å². The Labute approximate surface area is 155 Å². The van der Waals surface area contributed by atoms with Crippen LogP contribution in [-0.2, 0) is 9.63 Å². The summed E-state index contributed by atoms with van der Waals surface area (Å²) < 4.78 is 23.5. The van der Waals surface area contributed by atoms with Crippen LogP contribution in [0.1, 0.15) is 12.5 Å². The van der Waals surface area contributed by atoms with Crippen LogP contribution in [0.15, 0.2) is 41.6 Å². The van der Waals surface area contributed by atoms with E-state index in [9.17, 15) is 9.18 Å². The van der Waals surface area contributed by atoms with Crippen molar-refractivity contribution in [3.63, 3.8) is 0 Å². The molecule has 0 saturated heterocycles. The van der Waals surface area contributed by atoms with Gasteiger partial charge in [0.1, 0.15) is 5.82 Å². The lowest BCUT2D eigenvalue weighted by atomic mass is 10.2. The molecule has 1 amide bonds. The van der Waals surface area contributed by atoms with Gasteiger partial charge in [-0.05, 0) is 43.3 Å². The zero-order valence-electron chi connectivity index (χ0n) is 14.3. The van der Waals surface area contributed by atoms with E-state index in [-0.39, 0.29) is 12.4 Å². The minimum atomic E-state index is -0.420. The topological polar surface area (TPSA) is 69.2 Å². The lowest BCUT2D eigenvalue weighted by Crippen LogP contribution is -2.16. The summed E-state index contributed by atoms with van der Waals surface area (Å²) in [5, 5.41) is 6.66. The number of amides is 1. The molecule has 0 atom stereocenters. The van der Waals surface area contributed by atoms with Gasteiger partial charge in [-0.1, -0.05) is 16.8 Å². The van der Waals surface area contributed by atoms with Gasteiger partial charge in [0, 0.05) is 11.3 Å². The van der Waals surface area contributed by atoms with Crippen molar-refractivity contribution in [2.45, 2.75) is 6.92 Å². The van der Waals surface area contributed by atoms with Crippen molar-refractivity contribution in [3.8, 4) is 11.5 Å². The number of oxime groups is 1. The number of hydrogen-bond acceptors (Lipinski definition) is 5. The van der Waals surface area contributed by atoms with Gasteiger partial charge in [0.15, 0.2) is 18.1 Å². The average Bonchev–Trinajstić information content (AvgIpc) is 2.62. The van der Waals surface area contributed by atoms with Crippen LogP contribution in [-0.4, -0.2) is 32.4 Å². The SMILES string of the molecule is CCOc1c(Cl)cc(/C=N\OCC(=O)Nc2ccc(F)cc2)cc1OC. The molecule has 138 valence electrons. The molecule has 2 rings (SSSR count). The van der Waals surface area contributed by atoms with Gasteiger partial charge in [-0.3, -0.25) is 4.79 Å². The Morgan fingerprint density at radius 1 is 1.31 bits per heavy atom. The molecule has 0 spiro atoms. The zero-order chi connectivity index (χ0) is 18.9. The fraction of sp³-hybridized carbons (Fsp3) is 0.222. The van der Waals surface area contributed by atoms with Crippen LogP contribution < -0.4 is 14.8 Å². The van der Waals surface area contributed by atoms with Crippen LogP contribution in [0.5, 0.6) is 11.5 Å². The van der Waals surface area contributed by atoms with Crippen LogP contribution in [0.2, 0.25) is 5.02 Å². The zero-order valence-corrected chi connectivity index (χ0v) is 15.0. The van der Waals surface area contributed by atoms with Crippen LogP contribution in [0.25, 0.3) is 0 Å². The summed E-state index contributed by atoms with van der Waals surface area (Å²) in [6, 6.07) is 8.72. The number of nitrogens with one attached hydrogen (secondary N) is 1. The summed E-state index contributed by atoms with van der Waals surface area (Å²) in [7, 11) is 1.51. The minimum Gasteiger partial charge on any atom is -0.493 e. The molecule has 0 aliphatic heterocycles. The van der Waals surface area contributed by atoms with Gasteiger partial charge < -0.3 is 19.6 Å². The summed E-state index contributed by atoms with van der Waals surface area (Å²) in [6.45, 7) is 2.00. The summed E-state index contributed by atoms with van der Waals surface area (Å²) in [6.07, 6.45) is 1.40. The predicted molar refractivity (Wildman–Crippen MR) is 97.7 cm³/mol. The summed E-state index contributed by atoms with van der Waals surface area (Å²) in [5.41, 5.74) is 1.08. The second kappa shape index (κ2) is 9.62. The highest BCUT2D eigenvalue weighted by Crippen LogP contribution is 2.35. The molecule has 1 N–H and O–H groups in total. The molecule has 6 nitrogen and oxygen atoms in total. The molecule has 0 aliphatic carbocycles. The third-order valence-electron chi connectivity index (χ3n) is 3.14. The van der Waals surface area contributed by atoms with Gasteiger partial charge in [-0.2, -0.15) is 0 Å². The highest BCUT2D eigenvalue weighted by Gasteiger charge is 2.11. The maximum absolute atomic E-state index is 12.8. The number of carbonyl (C=O) groups excluding carboxylic acids is 1. The number of halogens is 2. The summed E-state index contributed by atoms with van der Waals surface area (Å²) in [5.74, 6) is 0.118. The second-order valence-electron chi connectivity index (χ2n) is 5.03. The highest BCUT2D eigenvalue weighted by molar-refractivity contribution is 6.32. The highest BCUT2D eigenvalue weighted by atomic mass is 35.5. The van der Waals surface area contributed by atoms with Crippen molar-refractivity contribution >= 4 is 29.4 Å². The van der Waals surface area contributed by atoms with Crippen LogP contribution in [0, 0.1) is 5.82 Å². The lowest BCUT2D eigenvalue weighted by Gasteiger charge is -2.11. The first-order valence-corrected chi connectivity index (χ1v) is 8.12. The van der Waals surface area contributed by atoms with E-state index < -0.39 is 5.91 Å². The van der Waals surface area contributed by atoms with Crippen molar-refractivity contribution in [2.24, 2.45) is 5.16 Å². The van der Waals surface area contributed by atoms with Crippen molar-refractivity contribution < 1.29 is 23.5 Å². The van der Waals surface area contributed by atoms with Crippen molar-refractivity contribution in [3.05, 3.63) is 52.8 Å². The van der Waals surface area contributed by atoms with E-state index in [1.807, 2.05) is 6.92 Å². The monoisotopic (exact) mass is 380 g/mol. The number of rotatable bonds is 8. The quantitative estimate of drug-likeness (QED) is 0.557. The predicted octanol–water partition coefficient (Wildman–Crippen LogP) is 3.88. The Hall–Kier alpha value is -2.80. The first kappa shape index (κ1) is 19.5. The van der Waals surface area contributed by atoms with E-state index in [0.29, 0.717) is 34.4 Å². The molecule has 0 unspecified atom stereocenters. The van der Waals surface area contributed by atoms with E-state index in [4.69, 9.17) is 25.9 Å². The molecular weight excluding hydrogens is 363 g/mol. The fourth-order valence-electron chi connectivity index (χ4n) is 2.02. The summed E-state index contributed by atoms with van der Waals surface area (Å²) >= 11 is 6.16. The average molecular weight is 381 g/mol. The molecule has 26 heavy (non-hydrogen) atoms. The van der Waals surface area contributed by atoms with Crippen molar-refractivity contribution in [2.75, 3.05) is 25.6 Å². The molecular formula is C18H18ClFN2O4. The van der Waals surface area contributed by atoms with Gasteiger partial charge in [-0.15, -0.1) is 0 Å². The van der Waals surface area contributed by atoms with E-state index in [0.717, 1.165) is 0 Å². The van der Waals surface area contributed by atoms with Gasteiger partial charge in [0.25, 0.3) is 5.91 Å². The largest absolute Gasteiger partial charge is 0.493 e. The Kier molecular flexibility index (Phi) is 7.23. The van der Waals surface area contributed by atoms with Gasteiger partial charge in [-0.25, -0.2) is 4.39 Å². The Morgan fingerprint density at radius 3 is 2.69 bits per heavy atom. The number of hydrogen-bond donors (Lipinski definition) is 1. The van der Waals surface area contributed by atoms with E-state index in [2.05, 4.69) is 10.5 Å². The number of benzene rings is 2. The Bertz CT molecular complexity index is 782. The third kappa shape index (κ3) is 5.63. The van der Waals surface area contributed by atoms with E-state index in [1.54, 1.807) is 12.1 Å². The van der Waals surface area contributed by atoms with Crippen LogP contribution in [0.4, 0.5) is 10.1 Å². The number of methoxy groups -OCH3 is 1. The lowest BCUT2D eigenvalue weighted by molar-refractivity contribution is -0.120. The molecule has 0 bridgehead atoms. The van der Waals surface area contributed by atoms with E-state index in [1.165, 1.54) is 37.6 Å². The molecule has 0 aliphatic rings. The number of nitrogens with zero attached hydrogens (tertiary/aromatic N) is 1. The molecule has 0 saturated carbocycles. The van der Waals surface area contributed by atoms with Crippen molar-refractivity contribution in [1.29, 1.82) is 0 Å². The maximum Gasteiger partial charge on any atom is 0.265 e. The fourth-order valence-corrected chi connectivity index (χ4v) is 2.30. The number of anilines is 1. The van der Waals surface area contributed by atoms with Crippen molar-refractivity contribution in [1.82, 2.24) is 0 Å². The molecule has 8 heteroatoms. The van der Waals surface area contributed by atoms with Gasteiger partial charge >= 0.3 is 0 Å². The first-order chi connectivity index (χ1) is 12.5. The minimum absolute atomic E-state index is 0.296. The number of ether oxygens (including phenoxy) is 2. The van der Waals surface area contributed by atoms with Gasteiger partial charge in [0.2, 0.25) is 0 Å². The smallest absolute Gasteiger partial charge is 0.265 e. The molecule has 0 fully saturated rings. The van der Waals surface area contributed by atoms with Gasteiger partial charge in [0.05, 0.1) is 25.0 Å². The first-order valence-electron chi connectivity index (χ1n) is 7.74. The van der Waals surface area contributed by atoms with Crippen LogP contribution >= 0.6 is 11.6 Å². The standard InChI is InChI=1S/C18H18ClFN2O4/c1-3-25-18-15(19)8-12(9-16(18)24-2)10-21-26-11-17(23)22-14-6-4-13(20)5-7-14/h4-10H,3,11H2,1-2H3,(H,22,23)/b21-10-. The third-order valence-corrected chi connectivity index (χ3v) is 3.42. The van der Waals surface area contributed by atoms with E-state index >= 15 is 0 Å². The second-order valence-corrected chi connectivity index (χ2v) is 5.44. The molecule has 0 aromatic heterocycles. The molecule has 2 aromatic rings. The normalized spacial score (nSPS) is 10.6. The molecule has 2 aromatic carbocycles. The maximum atomic E-state index is 12.8. The molecule has 0 radical (unpaired) electrons. The Balaban J connectivity index is 1.90. The Morgan fingerprint density at radius 2 is 2.04 bits per heavy atom. The number of carbonyl (C=O) groups is 1.